The molecule has 0 saturated heterocycles. The van der Waals surface area contributed by atoms with E-state index in [4.69, 9.17) is 51.8 Å². The Morgan fingerprint density at radius 3 is 2.47 bits per heavy atom. The SMILES string of the molecule is COc1ccc([N+](=O)[O-])cc1NC(=S)N[C@@H](NC(=O)c1ccccc1I)C(Cl)(Cl)Cl. The molecule has 0 heterocycles. The normalized spacial score (nSPS) is 11.9. The van der Waals surface area contributed by atoms with Crippen LogP contribution >= 0.6 is 69.6 Å². The van der Waals surface area contributed by atoms with Crippen LogP contribution in [0.1, 0.15) is 10.4 Å². The van der Waals surface area contributed by atoms with Gasteiger partial charge in [-0.05, 0) is 53.0 Å². The van der Waals surface area contributed by atoms with Crippen molar-refractivity contribution in [2.75, 3.05) is 12.4 Å². The molecule has 3 N–H and O–H groups in total. The van der Waals surface area contributed by atoms with Crippen LogP contribution in [0.3, 0.4) is 0 Å². The van der Waals surface area contributed by atoms with E-state index in [0.29, 0.717) is 14.9 Å². The molecule has 0 spiro atoms. The number of carbonyl (C=O) groups is 1. The van der Waals surface area contributed by atoms with Gasteiger partial charge in [-0.3, -0.25) is 14.9 Å². The van der Waals surface area contributed by atoms with Crippen LogP contribution in [0.4, 0.5) is 11.4 Å². The lowest BCUT2D eigenvalue weighted by atomic mass is 10.2. The van der Waals surface area contributed by atoms with Gasteiger partial charge < -0.3 is 20.7 Å². The summed E-state index contributed by atoms with van der Waals surface area (Å²) in [5, 5.41) is 19.0. The minimum absolute atomic E-state index is 0.0619. The van der Waals surface area contributed by atoms with E-state index in [1.807, 2.05) is 22.6 Å². The molecule has 0 radical (unpaired) electrons. The van der Waals surface area contributed by atoms with E-state index >= 15 is 0 Å². The zero-order valence-corrected chi connectivity index (χ0v) is 20.4. The first kappa shape index (κ1) is 24.7. The fraction of sp³-hybridized carbons (Fsp3) is 0.176. The summed E-state index contributed by atoms with van der Waals surface area (Å²) in [7, 11) is 1.40. The average Bonchev–Trinajstić information content (AvgIpc) is 2.66. The van der Waals surface area contributed by atoms with E-state index in [9.17, 15) is 14.9 Å². The van der Waals surface area contributed by atoms with Crippen molar-refractivity contribution >= 4 is 92.0 Å². The van der Waals surface area contributed by atoms with E-state index in [1.54, 1.807) is 24.3 Å². The monoisotopic (exact) mass is 602 g/mol. The maximum absolute atomic E-state index is 12.6. The molecule has 0 fully saturated rings. The second-order valence-corrected chi connectivity index (χ2v) is 9.61. The highest BCUT2D eigenvalue weighted by atomic mass is 127. The molecule has 0 aromatic heterocycles. The van der Waals surface area contributed by atoms with Gasteiger partial charge in [-0.25, -0.2) is 0 Å². The number of nitrogens with one attached hydrogen (secondary N) is 3. The highest BCUT2D eigenvalue weighted by Crippen LogP contribution is 2.31. The highest BCUT2D eigenvalue weighted by Gasteiger charge is 2.35. The predicted molar refractivity (Wildman–Crippen MR) is 130 cm³/mol. The summed E-state index contributed by atoms with van der Waals surface area (Å²) in [6.07, 6.45) is -1.21. The minimum atomic E-state index is -1.96. The van der Waals surface area contributed by atoms with Crippen LogP contribution < -0.4 is 20.7 Å². The van der Waals surface area contributed by atoms with E-state index in [2.05, 4.69) is 16.0 Å². The van der Waals surface area contributed by atoms with E-state index < -0.39 is 20.8 Å². The fourth-order valence-corrected chi connectivity index (χ4v) is 3.44. The number of nitro groups is 1. The number of alkyl halides is 3. The molecule has 0 aliphatic heterocycles. The Labute approximate surface area is 205 Å². The summed E-state index contributed by atoms with van der Waals surface area (Å²) in [6.45, 7) is 0. The number of benzene rings is 2. The van der Waals surface area contributed by atoms with E-state index in [-0.39, 0.29) is 16.5 Å². The average molecular weight is 604 g/mol. The molecule has 2 rings (SSSR count). The maximum atomic E-state index is 12.6. The maximum Gasteiger partial charge on any atom is 0.271 e. The molecule has 2 aromatic carbocycles. The number of ether oxygens (including phenoxy) is 1. The van der Waals surface area contributed by atoms with Gasteiger partial charge in [0.15, 0.2) is 5.11 Å². The number of hydrogen-bond donors (Lipinski definition) is 3. The highest BCUT2D eigenvalue weighted by molar-refractivity contribution is 14.1. The number of carbonyl (C=O) groups excluding carboxylic acids is 1. The van der Waals surface area contributed by atoms with Crippen molar-refractivity contribution in [1.29, 1.82) is 0 Å². The van der Waals surface area contributed by atoms with Crippen molar-refractivity contribution in [1.82, 2.24) is 10.6 Å². The van der Waals surface area contributed by atoms with Crippen molar-refractivity contribution in [3.63, 3.8) is 0 Å². The lowest BCUT2D eigenvalue weighted by Crippen LogP contribution is -2.56. The summed E-state index contributed by atoms with van der Waals surface area (Å²) < 4.78 is 3.91. The first-order valence-corrected chi connectivity index (χ1v) is 10.7. The second-order valence-electron chi connectivity index (χ2n) is 5.67. The molecule has 1 amide bonds. The Balaban J connectivity index is 2.19. The zero-order chi connectivity index (χ0) is 22.5. The van der Waals surface area contributed by atoms with Crippen molar-refractivity contribution in [3.8, 4) is 5.75 Å². The summed E-state index contributed by atoms with van der Waals surface area (Å²) in [5.74, 6) is -0.183. The molecule has 1 atom stereocenters. The predicted octanol–water partition coefficient (Wildman–Crippen LogP) is 4.62. The Kier molecular flexibility index (Phi) is 8.73. The van der Waals surface area contributed by atoms with Crippen molar-refractivity contribution in [2.24, 2.45) is 0 Å². The van der Waals surface area contributed by atoms with Crippen LogP contribution in [-0.2, 0) is 0 Å². The summed E-state index contributed by atoms with van der Waals surface area (Å²) >= 11 is 25.2. The molecule has 0 aliphatic carbocycles. The molecule has 0 aliphatic rings. The fourth-order valence-electron chi connectivity index (χ4n) is 2.25. The molecule has 8 nitrogen and oxygen atoms in total. The van der Waals surface area contributed by atoms with Crippen LogP contribution in [-0.4, -0.2) is 33.0 Å². The number of methoxy groups -OCH3 is 1. The first-order chi connectivity index (χ1) is 14.0. The molecule has 2 aromatic rings. The van der Waals surface area contributed by atoms with Crippen LogP contribution in [0.15, 0.2) is 42.5 Å². The van der Waals surface area contributed by atoms with Crippen molar-refractivity contribution in [2.45, 2.75) is 9.96 Å². The van der Waals surface area contributed by atoms with Gasteiger partial charge in [-0.1, -0.05) is 46.9 Å². The second kappa shape index (κ2) is 10.6. The van der Waals surface area contributed by atoms with Crippen LogP contribution in [0.2, 0.25) is 0 Å². The molecule has 30 heavy (non-hydrogen) atoms. The van der Waals surface area contributed by atoms with Gasteiger partial charge in [-0.2, -0.15) is 0 Å². The van der Waals surface area contributed by atoms with E-state index in [1.165, 1.54) is 25.3 Å². The van der Waals surface area contributed by atoms with Crippen LogP contribution in [0.25, 0.3) is 0 Å². The molecular formula is C17H14Cl3IN4O4S. The van der Waals surface area contributed by atoms with E-state index in [0.717, 1.165) is 0 Å². The number of nitro benzene ring substituents is 1. The quantitative estimate of drug-likeness (QED) is 0.111. The number of thiocarbonyl (C=S) groups is 1. The third-order valence-electron chi connectivity index (χ3n) is 3.64. The van der Waals surface area contributed by atoms with Gasteiger partial charge in [0.1, 0.15) is 11.9 Å². The van der Waals surface area contributed by atoms with Gasteiger partial charge in [0.25, 0.3) is 11.6 Å². The van der Waals surface area contributed by atoms with Gasteiger partial charge in [0.2, 0.25) is 3.79 Å². The molecule has 0 bridgehead atoms. The number of halogens is 4. The van der Waals surface area contributed by atoms with Crippen LogP contribution in [0, 0.1) is 13.7 Å². The van der Waals surface area contributed by atoms with Gasteiger partial charge in [0.05, 0.1) is 23.3 Å². The molecule has 0 saturated carbocycles. The Hall–Kier alpha value is -1.60. The smallest absolute Gasteiger partial charge is 0.271 e. The summed E-state index contributed by atoms with van der Waals surface area (Å²) in [5.41, 5.74) is 0.431. The van der Waals surface area contributed by atoms with Crippen molar-refractivity contribution < 1.29 is 14.5 Å². The number of hydrogen-bond acceptors (Lipinski definition) is 5. The summed E-state index contributed by atoms with van der Waals surface area (Å²) in [6, 6.07) is 10.8. The Morgan fingerprint density at radius 2 is 1.90 bits per heavy atom. The standard InChI is InChI=1S/C17H14Cl3IN4O4S/c1-29-13-7-6-9(25(27)28)8-12(13)22-16(30)24-15(17(18,19)20)23-14(26)10-4-2-3-5-11(10)21/h2-8,15H,1H3,(H,23,26)(H2,22,24,30)/t15-/m1/s1. The molecule has 0 unspecified atom stereocenters. The zero-order valence-electron chi connectivity index (χ0n) is 15.1. The number of amides is 1. The number of non-ortho nitro benzene ring substituents is 1. The molecular weight excluding hydrogens is 590 g/mol. The third kappa shape index (κ3) is 6.71. The topological polar surface area (TPSA) is 106 Å². The summed E-state index contributed by atoms with van der Waals surface area (Å²) in [4.78, 5) is 23.0. The Morgan fingerprint density at radius 1 is 1.23 bits per heavy atom. The number of rotatable bonds is 6. The van der Waals surface area contributed by atoms with Gasteiger partial charge in [-0.15, -0.1) is 0 Å². The van der Waals surface area contributed by atoms with Crippen LogP contribution in [0.5, 0.6) is 5.75 Å². The third-order valence-corrected chi connectivity index (χ3v) is 5.45. The van der Waals surface area contributed by atoms with Gasteiger partial charge in [0, 0.05) is 15.7 Å². The van der Waals surface area contributed by atoms with Gasteiger partial charge >= 0.3 is 0 Å². The number of anilines is 1. The van der Waals surface area contributed by atoms with Crippen molar-refractivity contribution in [3.05, 3.63) is 61.7 Å². The Bertz CT molecular complexity index is 974. The molecule has 160 valence electrons. The largest absolute Gasteiger partial charge is 0.495 e. The first-order valence-electron chi connectivity index (χ1n) is 8.05. The minimum Gasteiger partial charge on any atom is -0.495 e. The molecule has 13 heteroatoms. The number of nitrogens with zero attached hydrogens (tertiary/aromatic N) is 1. The lowest BCUT2D eigenvalue weighted by molar-refractivity contribution is -0.384. The lowest BCUT2D eigenvalue weighted by Gasteiger charge is -2.28.